The van der Waals surface area contributed by atoms with Crippen molar-refractivity contribution in [2.45, 2.75) is 38.4 Å². The summed E-state index contributed by atoms with van der Waals surface area (Å²) in [6.07, 6.45) is 3.52. The second-order valence-electron chi connectivity index (χ2n) is 6.46. The summed E-state index contributed by atoms with van der Waals surface area (Å²) < 4.78 is 5.41. The topological polar surface area (TPSA) is 57.1 Å². The van der Waals surface area contributed by atoms with Crippen molar-refractivity contribution in [3.05, 3.63) is 64.7 Å². The lowest BCUT2D eigenvalue weighted by molar-refractivity contribution is 0.366. The Bertz CT molecular complexity index is 749. The first-order valence-electron chi connectivity index (χ1n) is 8.91. The minimum atomic E-state index is 0.113. The normalized spacial score (nSPS) is 19.1. The Morgan fingerprint density at radius 2 is 2.04 bits per heavy atom. The molecule has 2 N–H and O–H groups in total. The molecular formula is C21H25N3O. The van der Waals surface area contributed by atoms with E-state index >= 15 is 0 Å². The zero-order chi connectivity index (χ0) is 17.6. The van der Waals surface area contributed by atoms with E-state index in [1.807, 2.05) is 30.3 Å². The number of hydrogen-bond acceptors (Lipinski definition) is 4. The van der Waals surface area contributed by atoms with Crippen molar-refractivity contribution in [3.8, 4) is 11.8 Å². The zero-order valence-electron chi connectivity index (χ0n) is 14.9. The lowest BCUT2D eigenvalue weighted by atomic mass is 9.88. The van der Waals surface area contributed by atoms with Crippen LogP contribution in [0, 0.1) is 11.3 Å². The van der Waals surface area contributed by atoms with Crippen molar-refractivity contribution in [2.24, 2.45) is 0 Å². The number of fused-ring (bicyclic) bond motifs is 1. The van der Waals surface area contributed by atoms with Crippen LogP contribution in [0.4, 0.5) is 0 Å². The molecule has 0 radical (unpaired) electrons. The number of ether oxygens (including phenoxy) is 1. The summed E-state index contributed by atoms with van der Waals surface area (Å²) in [6.45, 7) is 3.21. The van der Waals surface area contributed by atoms with Crippen molar-refractivity contribution < 1.29 is 4.74 Å². The van der Waals surface area contributed by atoms with Gasteiger partial charge in [-0.25, -0.2) is 0 Å². The quantitative estimate of drug-likeness (QED) is 0.793. The maximum Gasteiger partial charge on any atom is 0.119 e. The van der Waals surface area contributed by atoms with Gasteiger partial charge >= 0.3 is 0 Å². The minimum absolute atomic E-state index is 0.113. The van der Waals surface area contributed by atoms with Gasteiger partial charge in [0.25, 0.3) is 0 Å². The van der Waals surface area contributed by atoms with Gasteiger partial charge in [0.15, 0.2) is 0 Å². The summed E-state index contributed by atoms with van der Waals surface area (Å²) >= 11 is 0. The molecule has 0 bridgehead atoms. The van der Waals surface area contributed by atoms with Crippen molar-refractivity contribution in [2.75, 3.05) is 13.7 Å². The van der Waals surface area contributed by atoms with E-state index in [0.717, 1.165) is 18.7 Å². The molecular weight excluding hydrogens is 310 g/mol. The smallest absolute Gasteiger partial charge is 0.119 e. The molecule has 4 heteroatoms. The minimum Gasteiger partial charge on any atom is -0.497 e. The zero-order valence-corrected chi connectivity index (χ0v) is 14.9. The number of benzene rings is 2. The van der Waals surface area contributed by atoms with Gasteiger partial charge in [0.1, 0.15) is 5.75 Å². The van der Waals surface area contributed by atoms with E-state index in [1.165, 1.54) is 29.5 Å². The van der Waals surface area contributed by atoms with E-state index in [-0.39, 0.29) is 12.2 Å². The number of nitrogens with zero attached hydrogens (tertiary/aromatic N) is 1. The third kappa shape index (κ3) is 4.01. The average molecular weight is 335 g/mol. The van der Waals surface area contributed by atoms with E-state index in [4.69, 9.17) is 10.00 Å². The fourth-order valence-corrected chi connectivity index (χ4v) is 3.35. The summed E-state index contributed by atoms with van der Waals surface area (Å²) in [7, 11) is 1.71. The molecule has 25 heavy (non-hydrogen) atoms. The molecule has 1 heterocycles. The van der Waals surface area contributed by atoms with Gasteiger partial charge < -0.3 is 10.1 Å². The fraction of sp³-hybridized carbons (Fsp3) is 0.381. The van der Waals surface area contributed by atoms with Crippen LogP contribution in [-0.2, 0) is 6.42 Å². The molecule has 130 valence electrons. The van der Waals surface area contributed by atoms with E-state index in [0.29, 0.717) is 5.56 Å². The molecule has 0 saturated heterocycles. The standard InChI is InChI=1S/C21H25N3O/c1-3-4-11-23-20-13-17-12-18(25-2)9-10-19(17)21(24-20)16-7-5-15(14-22)6-8-16/h5-10,12,20-21,23-24H,3-4,11,13H2,1-2H3/t20-,21-/m1/s1. The number of rotatable bonds is 6. The van der Waals surface area contributed by atoms with Gasteiger partial charge in [-0.15, -0.1) is 0 Å². The lowest BCUT2D eigenvalue weighted by Gasteiger charge is -2.34. The monoisotopic (exact) mass is 335 g/mol. The molecule has 0 spiro atoms. The number of hydrogen-bond donors (Lipinski definition) is 2. The molecule has 0 saturated carbocycles. The average Bonchev–Trinajstić information content (AvgIpc) is 2.67. The largest absolute Gasteiger partial charge is 0.497 e. The van der Waals surface area contributed by atoms with E-state index in [2.05, 4.69) is 35.8 Å². The van der Waals surface area contributed by atoms with Crippen LogP contribution in [0.25, 0.3) is 0 Å². The summed E-state index contributed by atoms with van der Waals surface area (Å²) in [5, 5.41) is 16.4. The van der Waals surface area contributed by atoms with E-state index in [1.54, 1.807) is 7.11 Å². The van der Waals surface area contributed by atoms with Crippen molar-refractivity contribution in [1.29, 1.82) is 5.26 Å². The number of nitriles is 1. The molecule has 0 aliphatic carbocycles. The molecule has 1 aliphatic rings. The Labute approximate surface area is 149 Å². The van der Waals surface area contributed by atoms with Crippen molar-refractivity contribution in [1.82, 2.24) is 10.6 Å². The third-order valence-corrected chi connectivity index (χ3v) is 4.75. The van der Waals surface area contributed by atoms with E-state index < -0.39 is 0 Å². The third-order valence-electron chi connectivity index (χ3n) is 4.75. The maximum absolute atomic E-state index is 9.03. The lowest BCUT2D eigenvalue weighted by Crippen LogP contribution is -2.49. The van der Waals surface area contributed by atoms with Crippen LogP contribution in [0.2, 0.25) is 0 Å². The van der Waals surface area contributed by atoms with Crippen LogP contribution in [0.1, 0.15) is 48.1 Å². The van der Waals surface area contributed by atoms with Crippen LogP contribution in [0.5, 0.6) is 5.75 Å². The summed E-state index contributed by atoms with van der Waals surface area (Å²) in [5.41, 5.74) is 4.44. The molecule has 1 aliphatic heterocycles. The number of nitrogens with one attached hydrogen (secondary N) is 2. The van der Waals surface area contributed by atoms with Gasteiger partial charge in [-0.1, -0.05) is 31.5 Å². The Morgan fingerprint density at radius 1 is 1.24 bits per heavy atom. The Balaban J connectivity index is 1.90. The molecule has 0 unspecified atom stereocenters. The second-order valence-corrected chi connectivity index (χ2v) is 6.46. The van der Waals surface area contributed by atoms with Crippen LogP contribution < -0.4 is 15.4 Å². The Hall–Kier alpha value is -2.35. The summed E-state index contributed by atoms with van der Waals surface area (Å²) in [6, 6.07) is 16.4. The highest BCUT2D eigenvalue weighted by Crippen LogP contribution is 2.32. The van der Waals surface area contributed by atoms with Gasteiger partial charge in [0, 0.05) is 6.42 Å². The highest BCUT2D eigenvalue weighted by atomic mass is 16.5. The highest BCUT2D eigenvalue weighted by molar-refractivity contribution is 5.45. The molecule has 4 nitrogen and oxygen atoms in total. The van der Waals surface area contributed by atoms with Gasteiger partial charge in [-0.05, 0) is 53.9 Å². The van der Waals surface area contributed by atoms with Crippen molar-refractivity contribution in [3.63, 3.8) is 0 Å². The van der Waals surface area contributed by atoms with Crippen LogP contribution >= 0.6 is 0 Å². The second kappa shape index (κ2) is 8.15. The maximum atomic E-state index is 9.03. The molecule has 0 fully saturated rings. The fourth-order valence-electron chi connectivity index (χ4n) is 3.35. The highest BCUT2D eigenvalue weighted by Gasteiger charge is 2.27. The number of methoxy groups -OCH3 is 1. The van der Waals surface area contributed by atoms with Gasteiger partial charge in [-0.3, -0.25) is 5.32 Å². The van der Waals surface area contributed by atoms with Gasteiger partial charge in [0.2, 0.25) is 0 Å². The van der Waals surface area contributed by atoms with Crippen LogP contribution in [0.15, 0.2) is 42.5 Å². The molecule has 0 aromatic heterocycles. The van der Waals surface area contributed by atoms with Crippen molar-refractivity contribution >= 4 is 0 Å². The predicted octanol–water partition coefficient (Wildman–Crippen LogP) is 3.52. The Morgan fingerprint density at radius 3 is 2.72 bits per heavy atom. The van der Waals surface area contributed by atoms with Crippen LogP contribution in [-0.4, -0.2) is 19.8 Å². The summed E-state index contributed by atoms with van der Waals surface area (Å²) in [5.74, 6) is 0.895. The predicted molar refractivity (Wildman–Crippen MR) is 99.5 cm³/mol. The molecule has 2 aromatic rings. The SMILES string of the molecule is CCCCN[C@H]1Cc2cc(OC)ccc2[C@@H](c2ccc(C#N)cc2)N1. The molecule has 2 atom stereocenters. The molecule has 0 amide bonds. The molecule has 2 aromatic carbocycles. The first-order chi connectivity index (χ1) is 12.2. The van der Waals surface area contributed by atoms with E-state index in [9.17, 15) is 0 Å². The number of unbranched alkanes of at least 4 members (excludes halogenated alkanes) is 1. The first-order valence-corrected chi connectivity index (χ1v) is 8.91. The van der Waals surface area contributed by atoms with Gasteiger partial charge in [0.05, 0.1) is 31.0 Å². The van der Waals surface area contributed by atoms with Gasteiger partial charge in [-0.2, -0.15) is 5.26 Å². The Kier molecular flexibility index (Phi) is 5.70. The van der Waals surface area contributed by atoms with Crippen LogP contribution in [0.3, 0.4) is 0 Å². The summed E-state index contributed by atoms with van der Waals surface area (Å²) in [4.78, 5) is 0. The molecule has 3 rings (SSSR count). The first kappa shape index (κ1) is 17.5.